The van der Waals surface area contributed by atoms with E-state index < -0.39 is 0 Å². The van der Waals surface area contributed by atoms with Gasteiger partial charge >= 0.3 is 0 Å². The third kappa shape index (κ3) is 2.87. The first-order valence-electron chi connectivity index (χ1n) is 7.45. The first kappa shape index (κ1) is 14.1. The van der Waals surface area contributed by atoms with E-state index in [-0.39, 0.29) is 5.91 Å². The fourth-order valence-electron chi connectivity index (χ4n) is 2.45. The number of aromatic amines is 1. The van der Waals surface area contributed by atoms with Gasteiger partial charge in [-0.15, -0.1) is 0 Å². The molecule has 0 fully saturated rings. The van der Waals surface area contributed by atoms with Gasteiger partial charge < -0.3 is 4.98 Å². The number of hydrogen-bond donors (Lipinski definition) is 2. The molecule has 118 valence electrons. The Morgan fingerprint density at radius 3 is 2.71 bits per heavy atom. The summed E-state index contributed by atoms with van der Waals surface area (Å²) in [5.41, 5.74) is 3.31. The number of aromatic nitrogens is 5. The quantitative estimate of drug-likeness (QED) is 0.605. The number of anilines is 1. The molecule has 4 aromatic rings. The van der Waals surface area contributed by atoms with Gasteiger partial charge in [-0.3, -0.25) is 10.1 Å². The van der Waals surface area contributed by atoms with Gasteiger partial charge in [0.25, 0.3) is 5.91 Å². The van der Waals surface area contributed by atoms with Crippen LogP contribution in [0.3, 0.4) is 0 Å². The van der Waals surface area contributed by atoms with E-state index in [1.54, 1.807) is 23.1 Å². The van der Waals surface area contributed by atoms with Gasteiger partial charge in [0.1, 0.15) is 12.7 Å². The van der Waals surface area contributed by atoms with Crippen molar-refractivity contribution in [3.8, 4) is 0 Å². The van der Waals surface area contributed by atoms with Gasteiger partial charge in [0, 0.05) is 5.56 Å². The standard InChI is InChI=1S/C17H14N6O/c24-16(22-17-20-14-3-1-2-4-15(14)21-17)13-7-5-12(6-8-13)9-23-11-18-10-19-23/h1-8,10-11H,9H2,(H2,20,21,22,24). The highest BCUT2D eigenvalue weighted by Crippen LogP contribution is 2.14. The molecule has 0 spiro atoms. The number of carbonyl (C=O) groups is 1. The molecule has 24 heavy (non-hydrogen) atoms. The number of nitrogens with one attached hydrogen (secondary N) is 2. The lowest BCUT2D eigenvalue weighted by Crippen LogP contribution is -2.13. The largest absolute Gasteiger partial charge is 0.324 e. The van der Waals surface area contributed by atoms with E-state index in [4.69, 9.17) is 0 Å². The molecule has 7 heteroatoms. The number of para-hydroxylation sites is 2. The Kier molecular flexibility index (Phi) is 3.51. The van der Waals surface area contributed by atoms with Crippen LogP contribution in [0.2, 0.25) is 0 Å². The van der Waals surface area contributed by atoms with Crippen molar-refractivity contribution in [1.82, 2.24) is 24.7 Å². The molecule has 4 rings (SSSR count). The minimum atomic E-state index is -0.207. The summed E-state index contributed by atoms with van der Waals surface area (Å²) in [7, 11) is 0. The van der Waals surface area contributed by atoms with Gasteiger partial charge in [-0.25, -0.2) is 14.6 Å². The van der Waals surface area contributed by atoms with Crippen LogP contribution >= 0.6 is 0 Å². The summed E-state index contributed by atoms with van der Waals surface area (Å²) in [5.74, 6) is 0.231. The molecule has 0 aliphatic rings. The zero-order valence-electron chi connectivity index (χ0n) is 12.7. The number of rotatable bonds is 4. The predicted octanol–water partition coefficient (Wildman–Crippen LogP) is 2.46. The summed E-state index contributed by atoms with van der Waals surface area (Å²) < 4.78 is 1.73. The highest BCUT2D eigenvalue weighted by atomic mass is 16.1. The topological polar surface area (TPSA) is 88.5 Å². The zero-order chi connectivity index (χ0) is 16.4. The van der Waals surface area contributed by atoms with Crippen molar-refractivity contribution in [2.24, 2.45) is 0 Å². The average Bonchev–Trinajstić information content (AvgIpc) is 3.24. The maximum Gasteiger partial charge on any atom is 0.257 e. The van der Waals surface area contributed by atoms with Gasteiger partial charge in [0.2, 0.25) is 5.95 Å². The SMILES string of the molecule is O=C(Nc1nc2ccccc2[nH]1)c1ccc(Cn2cncn2)cc1. The van der Waals surface area contributed by atoms with E-state index in [1.165, 1.54) is 6.33 Å². The molecular weight excluding hydrogens is 304 g/mol. The second-order valence-corrected chi connectivity index (χ2v) is 5.35. The normalized spacial score (nSPS) is 10.8. The summed E-state index contributed by atoms with van der Waals surface area (Å²) in [6.07, 6.45) is 3.15. The minimum Gasteiger partial charge on any atom is -0.324 e. The van der Waals surface area contributed by atoms with Crippen molar-refractivity contribution in [1.29, 1.82) is 0 Å². The van der Waals surface area contributed by atoms with Crippen LogP contribution in [0, 0.1) is 0 Å². The molecule has 2 heterocycles. The summed E-state index contributed by atoms with van der Waals surface area (Å²) >= 11 is 0. The molecule has 0 saturated heterocycles. The molecule has 2 N–H and O–H groups in total. The number of imidazole rings is 1. The van der Waals surface area contributed by atoms with Crippen LogP contribution in [-0.4, -0.2) is 30.6 Å². The van der Waals surface area contributed by atoms with Crippen molar-refractivity contribution in [2.75, 3.05) is 5.32 Å². The average molecular weight is 318 g/mol. The highest BCUT2D eigenvalue weighted by Gasteiger charge is 2.09. The zero-order valence-corrected chi connectivity index (χ0v) is 12.7. The van der Waals surface area contributed by atoms with Crippen LogP contribution < -0.4 is 5.32 Å². The molecule has 1 amide bonds. The molecular formula is C17H14N6O. The number of hydrogen-bond acceptors (Lipinski definition) is 4. The first-order valence-corrected chi connectivity index (χ1v) is 7.45. The van der Waals surface area contributed by atoms with Gasteiger partial charge in [-0.1, -0.05) is 24.3 Å². The first-order chi connectivity index (χ1) is 11.8. The van der Waals surface area contributed by atoms with Crippen molar-refractivity contribution < 1.29 is 4.79 Å². The lowest BCUT2D eigenvalue weighted by molar-refractivity contribution is 0.102. The molecule has 0 radical (unpaired) electrons. The van der Waals surface area contributed by atoms with Crippen LogP contribution in [0.15, 0.2) is 61.2 Å². The fourth-order valence-corrected chi connectivity index (χ4v) is 2.45. The molecule has 0 bridgehead atoms. The second-order valence-electron chi connectivity index (χ2n) is 5.35. The van der Waals surface area contributed by atoms with E-state index in [9.17, 15) is 4.79 Å². The van der Waals surface area contributed by atoms with E-state index in [2.05, 4.69) is 25.4 Å². The second kappa shape index (κ2) is 5.96. The Balaban J connectivity index is 1.47. The Labute approximate surface area is 137 Å². The summed E-state index contributed by atoms with van der Waals surface area (Å²) in [4.78, 5) is 23.6. The van der Waals surface area contributed by atoms with Gasteiger partial charge in [-0.05, 0) is 29.8 Å². The number of benzene rings is 2. The monoisotopic (exact) mass is 318 g/mol. The molecule has 0 saturated carbocycles. The molecule has 0 aliphatic heterocycles. The molecule has 7 nitrogen and oxygen atoms in total. The predicted molar refractivity (Wildman–Crippen MR) is 89.6 cm³/mol. The molecule has 2 aromatic carbocycles. The molecule has 2 aromatic heterocycles. The highest BCUT2D eigenvalue weighted by molar-refractivity contribution is 6.03. The van der Waals surface area contributed by atoms with Crippen LogP contribution in [0.25, 0.3) is 11.0 Å². The molecule has 0 unspecified atom stereocenters. The van der Waals surface area contributed by atoms with Crippen LogP contribution in [-0.2, 0) is 6.54 Å². The van der Waals surface area contributed by atoms with Gasteiger partial charge in [0.05, 0.1) is 17.6 Å². The van der Waals surface area contributed by atoms with Gasteiger partial charge in [0.15, 0.2) is 0 Å². The van der Waals surface area contributed by atoms with Gasteiger partial charge in [-0.2, -0.15) is 5.10 Å². The summed E-state index contributed by atoms with van der Waals surface area (Å²) in [6, 6.07) is 15.0. The van der Waals surface area contributed by atoms with Crippen LogP contribution in [0.1, 0.15) is 15.9 Å². The van der Waals surface area contributed by atoms with Crippen molar-refractivity contribution in [2.45, 2.75) is 6.54 Å². The number of amides is 1. The number of carbonyl (C=O) groups excluding carboxylic acids is 1. The summed E-state index contributed by atoms with van der Waals surface area (Å²) in [5, 5.41) is 6.84. The third-order valence-corrected chi connectivity index (χ3v) is 3.65. The van der Waals surface area contributed by atoms with E-state index >= 15 is 0 Å². The minimum absolute atomic E-state index is 0.207. The summed E-state index contributed by atoms with van der Waals surface area (Å²) in [6.45, 7) is 0.617. The lowest BCUT2D eigenvalue weighted by Gasteiger charge is -2.04. The van der Waals surface area contributed by atoms with Crippen molar-refractivity contribution in [3.05, 3.63) is 72.3 Å². The van der Waals surface area contributed by atoms with Crippen LogP contribution in [0.5, 0.6) is 0 Å². The van der Waals surface area contributed by atoms with E-state index in [1.807, 2.05) is 36.4 Å². The number of fused-ring (bicyclic) bond motifs is 1. The van der Waals surface area contributed by atoms with E-state index in [0.29, 0.717) is 18.1 Å². The number of nitrogens with zero attached hydrogens (tertiary/aromatic N) is 4. The molecule has 0 atom stereocenters. The van der Waals surface area contributed by atoms with E-state index in [0.717, 1.165) is 16.6 Å². The number of H-pyrrole nitrogens is 1. The van der Waals surface area contributed by atoms with Crippen molar-refractivity contribution >= 4 is 22.9 Å². The van der Waals surface area contributed by atoms with Crippen LogP contribution in [0.4, 0.5) is 5.95 Å². The Morgan fingerprint density at radius 2 is 1.96 bits per heavy atom. The lowest BCUT2D eigenvalue weighted by atomic mass is 10.1. The maximum atomic E-state index is 12.3. The Bertz CT molecular complexity index is 939. The smallest absolute Gasteiger partial charge is 0.257 e. The maximum absolute atomic E-state index is 12.3. The Morgan fingerprint density at radius 1 is 1.12 bits per heavy atom. The third-order valence-electron chi connectivity index (χ3n) is 3.65. The fraction of sp³-hybridized carbons (Fsp3) is 0.0588. The molecule has 0 aliphatic carbocycles. The Hall–Kier alpha value is -3.48. The van der Waals surface area contributed by atoms with Crippen molar-refractivity contribution in [3.63, 3.8) is 0 Å².